The Morgan fingerprint density at radius 3 is 1.42 bits per heavy atom. The van der Waals surface area contributed by atoms with E-state index < -0.39 is 0 Å². The third-order valence-electron chi connectivity index (χ3n) is 15.1. The molecule has 9 aromatic rings. The average molecular weight is 991 g/mol. The van der Waals surface area contributed by atoms with Crippen LogP contribution in [-0.2, 0) is 9.59 Å². The smallest absolute Gasteiger partial charge is 0.154 e. The molecule has 3 aliphatic carbocycles. The number of carbonyl (C=O) groups excluding carboxylic acids is 2. The Morgan fingerprint density at radius 1 is 0.589 bits per heavy atom. The Balaban J connectivity index is 0.000000134. The van der Waals surface area contributed by atoms with Crippen molar-refractivity contribution < 1.29 is 14.7 Å². The highest BCUT2D eigenvalue weighted by Gasteiger charge is 2.35. The first-order valence-electron chi connectivity index (χ1n) is 25.2. The van der Waals surface area contributed by atoms with Gasteiger partial charge in [-0.05, 0) is 75.5 Å². The molecule has 0 aliphatic heterocycles. The van der Waals surface area contributed by atoms with Crippen LogP contribution in [0.2, 0.25) is 0 Å². The maximum Gasteiger partial charge on any atom is 0.154 e. The second-order valence-electron chi connectivity index (χ2n) is 19.2. The molecule has 73 heavy (non-hydrogen) atoms. The van der Waals surface area contributed by atoms with Crippen molar-refractivity contribution in [2.45, 2.75) is 129 Å². The first kappa shape index (κ1) is 50.1. The number of ketones is 2. The van der Waals surface area contributed by atoms with Crippen LogP contribution in [0.4, 0.5) is 17.5 Å². The number of aromatic amines is 3. The summed E-state index contributed by atoms with van der Waals surface area (Å²) in [7, 11) is 0. The number of carbonyl (C=O) groups is 2. The van der Waals surface area contributed by atoms with Crippen molar-refractivity contribution >= 4 is 62.1 Å². The fourth-order valence-corrected chi connectivity index (χ4v) is 11.5. The van der Waals surface area contributed by atoms with Gasteiger partial charge in [0.05, 0.1) is 58.0 Å². The molecule has 0 bridgehead atoms. The van der Waals surface area contributed by atoms with Gasteiger partial charge in [-0.1, -0.05) is 34.6 Å². The van der Waals surface area contributed by atoms with Crippen molar-refractivity contribution in [3.8, 4) is 33.8 Å². The first-order chi connectivity index (χ1) is 35.0. The average Bonchev–Trinajstić information content (AvgIpc) is 4.22. The molecule has 10 N–H and O–H groups in total. The molecule has 7 unspecified atom stereocenters. The summed E-state index contributed by atoms with van der Waals surface area (Å²) in [4.78, 5) is 58.9. The highest BCUT2D eigenvalue weighted by Crippen LogP contribution is 2.40. The lowest BCUT2D eigenvalue weighted by Gasteiger charge is -2.25. The third-order valence-corrected chi connectivity index (χ3v) is 15.1. The molecule has 3 fully saturated rings. The summed E-state index contributed by atoms with van der Waals surface area (Å²) in [6, 6.07) is 6.21. The summed E-state index contributed by atoms with van der Waals surface area (Å²) in [5.41, 5.74) is 25.6. The molecule has 0 spiro atoms. The summed E-state index contributed by atoms with van der Waals surface area (Å²) < 4.78 is 5.71. The number of nitrogens with one attached hydrogen (secondary N) is 3. The molecule has 7 atom stereocenters. The van der Waals surface area contributed by atoms with E-state index in [0.717, 1.165) is 125 Å². The van der Waals surface area contributed by atoms with Crippen LogP contribution < -0.4 is 17.2 Å². The molecule has 3 aliphatic rings. The number of aliphatic hydroxyl groups is 1. The number of nitrogen functional groups attached to an aromatic ring is 3. The summed E-state index contributed by atoms with van der Waals surface area (Å²) in [5.74, 6) is 2.66. The largest absolute Gasteiger partial charge is 0.393 e. The zero-order valence-corrected chi connectivity index (χ0v) is 40.8. The molecule has 382 valence electrons. The van der Waals surface area contributed by atoms with Gasteiger partial charge in [0.15, 0.2) is 17.5 Å². The Kier molecular flexibility index (Phi) is 14.8. The second kappa shape index (κ2) is 21.5. The van der Waals surface area contributed by atoms with Gasteiger partial charge in [-0.15, -0.1) is 0 Å². The molecule has 9 aromatic heterocycles. The lowest BCUT2D eigenvalue weighted by atomic mass is 9.94. The third kappa shape index (κ3) is 9.80. The summed E-state index contributed by atoms with van der Waals surface area (Å²) in [6.45, 7) is 6.34. The maximum atomic E-state index is 12.2. The van der Waals surface area contributed by atoms with Crippen LogP contribution in [0.1, 0.15) is 123 Å². The van der Waals surface area contributed by atoms with Gasteiger partial charge in [0.2, 0.25) is 0 Å². The number of rotatable bonds is 12. The number of anilines is 3. The Morgan fingerprint density at radius 2 is 1.04 bits per heavy atom. The lowest BCUT2D eigenvalue weighted by Crippen LogP contribution is -2.25. The molecule has 0 radical (unpaired) electrons. The summed E-state index contributed by atoms with van der Waals surface area (Å²) >= 11 is 0. The number of nitrogens with two attached hydrogens (primary N) is 3. The SMILES string of the molecule is C.CCC(C1CCC(=O)C1)n1cc(-c2ncnc3[nH]ccc23)c(N)n1.CCC(C1CCCC1=O)n1cc(-c2ncnc3[nH]ccc23)c(N)n1.CCC(C1CCCC1O)n1cc(-c2ncnc3[nH]ccc23)c(N)n1. The van der Waals surface area contributed by atoms with Crippen molar-refractivity contribution in [2.24, 2.45) is 17.8 Å². The van der Waals surface area contributed by atoms with Crippen molar-refractivity contribution in [1.82, 2.24) is 74.2 Å². The number of nitrogens with zero attached hydrogens (tertiary/aromatic N) is 12. The molecular weight excluding hydrogens is 925 g/mol. The molecule has 21 heteroatoms. The fourth-order valence-electron chi connectivity index (χ4n) is 11.5. The quantitative estimate of drug-likeness (QED) is 0.0602. The molecule has 21 nitrogen and oxygen atoms in total. The van der Waals surface area contributed by atoms with Crippen molar-refractivity contribution in [2.75, 3.05) is 17.2 Å². The van der Waals surface area contributed by atoms with Crippen LogP contribution in [0, 0.1) is 17.8 Å². The van der Waals surface area contributed by atoms with Gasteiger partial charge in [-0.3, -0.25) is 23.6 Å². The molecule has 0 amide bonds. The van der Waals surface area contributed by atoms with E-state index in [1.807, 2.05) is 69.4 Å². The molecule has 0 saturated heterocycles. The van der Waals surface area contributed by atoms with Crippen molar-refractivity contribution in [3.05, 3.63) is 74.4 Å². The van der Waals surface area contributed by atoms with E-state index >= 15 is 0 Å². The van der Waals surface area contributed by atoms with Crippen LogP contribution in [0.15, 0.2) is 74.4 Å². The number of H-pyrrole nitrogens is 3. The second-order valence-corrected chi connectivity index (χ2v) is 19.2. The van der Waals surface area contributed by atoms with E-state index in [0.29, 0.717) is 54.2 Å². The molecule has 9 heterocycles. The van der Waals surface area contributed by atoms with E-state index in [-0.39, 0.29) is 43.5 Å². The zero-order chi connectivity index (χ0) is 50.0. The van der Waals surface area contributed by atoms with E-state index in [2.05, 4.69) is 80.9 Å². The standard InChI is InChI=1S/C17H20N6O.C17H22N6O.C17H20N6O.CH4/c1-2-14(10-3-4-11(24)7-10)23-8-13(16(18)22-23)15-12-5-6-19-17(12)21-9-20-15;2*1-2-13(10-4-3-5-14(10)24)23-8-12(16(18)22-23)15-11-6-7-19-17(11)21-9-20-15;/h5-6,8-10,14H,2-4,7H2,1H3,(H2,18,22)(H,19,20,21);6-10,13-14,24H,2-5H2,1H3,(H2,18,22)(H,19,20,21);6-10,13H,2-5H2,1H3,(H2,18,22)(H,19,20,21);1H4. The van der Waals surface area contributed by atoms with E-state index in [4.69, 9.17) is 17.2 Å². The Bertz CT molecular complexity index is 3340. The minimum atomic E-state index is -0.251. The minimum absolute atomic E-state index is 0. The van der Waals surface area contributed by atoms with Crippen LogP contribution in [0.25, 0.3) is 66.9 Å². The normalized spacial score (nSPS) is 19.9. The topological polar surface area (TPSA) is 311 Å². The van der Waals surface area contributed by atoms with Crippen LogP contribution in [-0.4, -0.2) is 97.0 Å². The van der Waals surface area contributed by atoms with Gasteiger partial charge < -0.3 is 37.3 Å². The number of aliphatic hydroxyl groups excluding tert-OH is 1. The van der Waals surface area contributed by atoms with Gasteiger partial charge >= 0.3 is 0 Å². The molecule has 0 aromatic carbocycles. The number of hydrogen-bond acceptors (Lipinski definition) is 15. The molecular formula is C52H66N18O3. The fraction of sp³-hybridized carbons (Fsp3) is 0.442. The van der Waals surface area contributed by atoms with Crippen molar-refractivity contribution in [1.29, 1.82) is 0 Å². The zero-order valence-electron chi connectivity index (χ0n) is 40.8. The number of hydrogen-bond donors (Lipinski definition) is 7. The van der Waals surface area contributed by atoms with E-state index in [1.54, 1.807) is 0 Å². The van der Waals surface area contributed by atoms with E-state index in [9.17, 15) is 14.7 Å². The van der Waals surface area contributed by atoms with Crippen LogP contribution in [0.3, 0.4) is 0 Å². The van der Waals surface area contributed by atoms with Gasteiger partial charge in [-0.25, -0.2) is 29.9 Å². The Labute approximate surface area is 422 Å². The van der Waals surface area contributed by atoms with E-state index in [1.165, 1.54) is 19.0 Å². The number of aromatic nitrogens is 15. The highest BCUT2D eigenvalue weighted by molar-refractivity contribution is 5.95. The molecule has 12 rings (SSSR count). The lowest BCUT2D eigenvalue weighted by molar-refractivity contribution is -0.122. The van der Waals surface area contributed by atoms with Crippen LogP contribution >= 0.6 is 0 Å². The number of Topliss-reactive ketones (excluding diaryl/α,β-unsaturated/α-hetero) is 2. The summed E-state index contributed by atoms with van der Waals surface area (Å²) in [5, 5.41) is 26.6. The predicted molar refractivity (Wildman–Crippen MR) is 281 cm³/mol. The van der Waals surface area contributed by atoms with Gasteiger partial charge in [0.25, 0.3) is 0 Å². The minimum Gasteiger partial charge on any atom is -0.393 e. The predicted octanol–water partition coefficient (Wildman–Crippen LogP) is 8.60. The van der Waals surface area contributed by atoms with Gasteiger partial charge in [0.1, 0.15) is 47.5 Å². The Hall–Kier alpha value is -7.81. The van der Waals surface area contributed by atoms with Crippen molar-refractivity contribution in [3.63, 3.8) is 0 Å². The van der Waals surface area contributed by atoms with Crippen LogP contribution in [0.5, 0.6) is 0 Å². The molecule has 3 saturated carbocycles. The van der Waals surface area contributed by atoms with Gasteiger partial charge in [0, 0.05) is 84.4 Å². The highest BCUT2D eigenvalue weighted by atomic mass is 16.3. The number of fused-ring (bicyclic) bond motifs is 3. The first-order valence-corrected chi connectivity index (χ1v) is 25.2. The van der Waals surface area contributed by atoms with Gasteiger partial charge in [-0.2, -0.15) is 15.3 Å². The summed E-state index contributed by atoms with van der Waals surface area (Å²) in [6.07, 6.45) is 26.2. The monoisotopic (exact) mass is 991 g/mol. The maximum absolute atomic E-state index is 12.2.